The lowest BCUT2D eigenvalue weighted by Gasteiger charge is -2.43. The summed E-state index contributed by atoms with van der Waals surface area (Å²) in [5.41, 5.74) is 0.724. The fraction of sp³-hybridized carbons (Fsp3) is 0.367. The summed E-state index contributed by atoms with van der Waals surface area (Å²) >= 11 is 0. The lowest BCUT2D eigenvalue weighted by atomic mass is 10.2. The van der Waals surface area contributed by atoms with E-state index in [0.29, 0.717) is 12.2 Å². The number of hydrogen-bond acceptors (Lipinski definition) is 6. The zero-order chi connectivity index (χ0) is 27.6. The molecule has 0 aliphatic carbocycles. The number of aromatic nitrogens is 3. The van der Waals surface area contributed by atoms with Crippen molar-refractivity contribution < 1.29 is 14.3 Å². The van der Waals surface area contributed by atoms with Crippen molar-refractivity contribution in [1.82, 2.24) is 19.4 Å². The number of hydrogen-bond donors (Lipinski definition) is 1. The van der Waals surface area contributed by atoms with Crippen LogP contribution in [0.2, 0.25) is 5.04 Å². The molecule has 39 heavy (non-hydrogen) atoms. The molecule has 0 amide bonds. The number of aliphatic imine (C=N–C) groups is 1. The molecule has 1 fully saturated rings. The summed E-state index contributed by atoms with van der Waals surface area (Å²) in [5, 5.41) is 14.2. The van der Waals surface area contributed by atoms with Crippen LogP contribution in [0.25, 0.3) is 11.0 Å². The molecular weight excluding hydrogens is 506 g/mol. The summed E-state index contributed by atoms with van der Waals surface area (Å²) in [6, 6.07) is 23.0. The van der Waals surface area contributed by atoms with Crippen molar-refractivity contribution in [3.8, 4) is 0 Å². The van der Waals surface area contributed by atoms with Gasteiger partial charge in [-0.05, 0) is 21.5 Å². The van der Waals surface area contributed by atoms with Gasteiger partial charge in [-0.2, -0.15) is 0 Å². The number of ether oxygens (including phenoxy) is 1. The molecule has 1 aliphatic rings. The Morgan fingerprint density at radius 1 is 1.05 bits per heavy atom. The van der Waals surface area contributed by atoms with E-state index in [1.54, 1.807) is 6.34 Å². The van der Waals surface area contributed by atoms with Crippen molar-refractivity contribution in [2.45, 2.75) is 50.7 Å². The van der Waals surface area contributed by atoms with Crippen LogP contribution in [-0.4, -0.2) is 72.1 Å². The molecule has 0 saturated carbocycles. The number of fused-ring (bicyclic) bond motifs is 1. The van der Waals surface area contributed by atoms with Gasteiger partial charge in [0.25, 0.3) is 8.32 Å². The van der Waals surface area contributed by atoms with E-state index in [9.17, 15) is 5.11 Å². The maximum atomic E-state index is 11.1. The van der Waals surface area contributed by atoms with E-state index in [1.165, 1.54) is 16.7 Å². The normalized spacial score (nSPS) is 20.2. The smallest absolute Gasteiger partial charge is 0.261 e. The SMILES string of the molecule is CN(C)/C=N/c1ncnc2c1ccn2[C@H]1CC(O)[C@@H](CO[Si](c2ccccc2)(c2ccccc2)C(C)(C)C)O1. The van der Waals surface area contributed by atoms with Crippen molar-refractivity contribution >= 4 is 41.9 Å². The highest BCUT2D eigenvalue weighted by Gasteiger charge is 2.51. The zero-order valence-corrected chi connectivity index (χ0v) is 24.2. The van der Waals surface area contributed by atoms with Gasteiger partial charge in [0.05, 0.1) is 24.4 Å². The van der Waals surface area contributed by atoms with Gasteiger partial charge < -0.3 is 23.7 Å². The average Bonchev–Trinajstić information content (AvgIpc) is 3.52. The Hall–Kier alpha value is -3.37. The molecule has 5 rings (SSSR count). The highest BCUT2D eigenvalue weighted by Crippen LogP contribution is 2.38. The van der Waals surface area contributed by atoms with Crippen LogP contribution >= 0.6 is 0 Å². The minimum Gasteiger partial charge on any atom is -0.405 e. The molecule has 2 aromatic carbocycles. The van der Waals surface area contributed by atoms with Gasteiger partial charge in [-0.3, -0.25) is 0 Å². The molecule has 2 aromatic heterocycles. The van der Waals surface area contributed by atoms with Gasteiger partial charge in [0.15, 0.2) is 5.82 Å². The van der Waals surface area contributed by atoms with E-state index < -0.39 is 20.5 Å². The Kier molecular flexibility index (Phi) is 7.68. The second-order valence-corrected chi connectivity index (χ2v) is 15.6. The molecule has 4 aromatic rings. The standard InChI is InChI=1S/C30H37N5O3Si/c1-30(2,3)39(22-12-8-6-9-13-22,23-14-10-7-11-15-23)37-19-26-25(36)18-27(38-26)35-17-16-24-28(33-21-34(4)5)31-20-32-29(24)35/h6-17,20-21,25-27,36H,18-19H2,1-5H3/b33-21+/t25?,26-,27-/m1/s1. The Morgan fingerprint density at radius 3 is 2.28 bits per heavy atom. The van der Waals surface area contributed by atoms with Gasteiger partial charge >= 0.3 is 0 Å². The minimum absolute atomic E-state index is 0.157. The van der Waals surface area contributed by atoms with Crippen molar-refractivity contribution in [2.24, 2.45) is 4.99 Å². The van der Waals surface area contributed by atoms with Crippen LogP contribution in [0.5, 0.6) is 0 Å². The van der Waals surface area contributed by atoms with E-state index in [0.717, 1.165) is 11.0 Å². The van der Waals surface area contributed by atoms with Crippen molar-refractivity contribution in [1.29, 1.82) is 0 Å². The molecule has 204 valence electrons. The van der Waals surface area contributed by atoms with Crippen LogP contribution in [0.15, 0.2) is 84.2 Å². The van der Waals surface area contributed by atoms with Gasteiger partial charge in [-0.25, -0.2) is 15.0 Å². The minimum atomic E-state index is -2.74. The van der Waals surface area contributed by atoms with E-state index in [-0.39, 0.29) is 17.9 Å². The summed E-state index contributed by atoms with van der Waals surface area (Å²) in [7, 11) is 1.08. The van der Waals surface area contributed by atoms with E-state index >= 15 is 0 Å². The van der Waals surface area contributed by atoms with Crippen LogP contribution in [0.1, 0.15) is 33.4 Å². The summed E-state index contributed by atoms with van der Waals surface area (Å²) < 4.78 is 15.4. The number of benzene rings is 2. The fourth-order valence-electron chi connectivity index (χ4n) is 5.47. The first kappa shape index (κ1) is 27.2. The molecule has 1 aliphatic heterocycles. The first-order chi connectivity index (χ1) is 18.7. The molecule has 0 spiro atoms. The largest absolute Gasteiger partial charge is 0.405 e. The van der Waals surface area contributed by atoms with Gasteiger partial charge in [-0.1, -0.05) is 81.4 Å². The monoisotopic (exact) mass is 543 g/mol. The van der Waals surface area contributed by atoms with Crippen molar-refractivity contribution in [3.05, 3.63) is 79.3 Å². The lowest BCUT2D eigenvalue weighted by Crippen LogP contribution is -2.67. The Labute approximate surface area is 231 Å². The average molecular weight is 544 g/mol. The van der Waals surface area contributed by atoms with Crippen LogP contribution in [-0.2, 0) is 9.16 Å². The summed E-state index contributed by atoms with van der Waals surface area (Å²) in [6.45, 7) is 7.03. The van der Waals surface area contributed by atoms with Crippen molar-refractivity contribution in [3.63, 3.8) is 0 Å². The molecule has 1 N–H and O–H groups in total. The van der Waals surface area contributed by atoms with Gasteiger partial charge in [0, 0.05) is 26.7 Å². The number of rotatable bonds is 8. The molecule has 1 saturated heterocycles. The fourth-order valence-corrected chi connectivity index (χ4v) is 10.0. The molecule has 3 atom stereocenters. The Bertz CT molecular complexity index is 1380. The maximum Gasteiger partial charge on any atom is 0.261 e. The Morgan fingerprint density at radius 2 is 1.69 bits per heavy atom. The maximum absolute atomic E-state index is 11.1. The zero-order valence-electron chi connectivity index (χ0n) is 23.2. The van der Waals surface area contributed by atoms with Crippen LogP contribution in [0.4, 0.5) is 5.82 Å². The lowest BCUT2D eigenvalue weighted by molar-refractivity contribution is -0.0397. The molecule has 8 nitrogen and oxygen atoms in total. The van der Waals surface area contributed by atoms with Crippen LogP contribution in [0.3, 0.4) is 0 Å². The van der Waals surface area contributed by atoms with Gasteiger partial charge in [-0.15, -0.1) is 0 Å². The molecule has 0 bridgehead atoms. The van der Waals surface area contributed by atoms with E-state index in [2.05, 4.69) is 84.3 Å². The van der Waals surface area contributed by atoms with Gasteiger partial charge in [0.1, 0.15) is 24.3 Å². The summed E-state index contributed by atoms with van der Waals surface area (Å²) in [6.07, 6.45) is 4.09. The van der Waals surface area contributed by atoms with Crippen LogP contribution < -0.4 is 10.4 Å². The van der Waals surface area contributed by atoms with Crippen LogP contribution in [0, 0.1) is 0 Å². The second-order valence-electron chi connectivity index (χ2n) is 11.3. The summed E-state index contributed by atoms with van der Waals surface area (Å²) in [4.78, 5) is 15.2. The predicted molar refractivity (Wildman–Crippen MR) is 157 cm³/mol. The number of aliphatic hydroxyl groups excluding tert-OH is 1. The molecule has 1 unspecified atom stereocenters. The highest BCUT2D eigenvalue weighted by molar-refractivity contribution is 6.99. The van der Waals surface area contributed by atoms with E-state index in [1.807, 2.05) is 48.0 Å². The third-order valence-electron chi connectivity index (χ3n) is 7.29. The van der Waals surface area contributed by atoms with E-state index in [4.69, 9.17) is 9.16 Å². The van der Waals surface area contributed by atoms with Gasteiger partial charge in [0.2, 0.25) is 0 Å². The molecular formula is C30H37N5O3Si. The quantitative estimate of drug-likeness (QED) is 0.206. The first-order valence-electron chi connectivity index (χ1n) is 13.3. The molecule has 3 heterocycles. The number of nitrogens with zero attached hydrogens (tertiary/aromatic N) is 5. The third kappa shape index (κ3) is 5.27. The summed E-state index contributed by atoms with van der Waals surface area (Å²) in [5.74, 6) is 0.595. The van der Waals surface area contributed by atoms with Crippen molar-refractivity contribution in [2.75, 3.05) is 20.7 Å². The number of aliphatic hydroxyl groups is 1. The first-order valence-corrected chi connectivity index (χ1v) is 15.2. The third-order valence-corrected chi connectivity index (χ3v) is 12.3. The second kappa shape index (κ2) is 11.0. The predicted octanol–water partition coefficient (Wildman–Crippen LogP) is 3.88. The highest BCUT2D eigenvalue weighted by atomic mass is 28.4. The topological polar surface area (TPSA) is 85.0 Å². The molecule has 0 radical (unpaired) electrons. The Balaban J connectivity index is 1.42. The molecule has 9 heteroatoms.